The van der Waals surface area contributed by atoms with Crippen LogP contribution in [0.5, 0.6) is 5.75 Å². The first-order valence-electron chi connectivity index (χ1n) is 9.50. The number of methoxy groups -OCH3 is 1. The number of carbonyl (C=O) groups excluding carboxylic acids is 2. The van der Waals surface area contributed by atoms with Gasteiger partial charge in [0, 0.05) is 24.6 Å². The first-order valence-corrected chi connectivity index (χ1v) is 9.50. The highest BCUT2D eigenvalue weighted by molar-refractivity contribution is 5.95. The number of carbonyl (C=O) groups is 2. The lowest BCUT2D eigenvalue weighted by Gasteiger charge is -2.22. The first kappa shape index (κ1) is 19.9. The van der Waals surface area contributed by atoms with Crippen molar-refractivity contribution in [3.63, 3.8) is 0 Å². The van der Waals surface area contributed by atoms with Gasteiger partial charge in [-0.25, -0.2) is 4.98 Å². The summed E-state index contributed by atoms with van der Waals surface area (Å²) < 4.78 is 5.24. The third-order valence-electron chi connectivity index (χ3n) is 4.75. The van der Waals surface area contributed by atoms with Crippen LogP contribution in [-0.2, 0) is 4.79 Å². The van der Waals surface area contributed by atoms with E-state index in [4.69, 9.17) is 4.74 Å². The Kier molecular flexibility index (Phi) is 5.96. The van der Waals surface area contributed by atoms with E-state index in [0.717, 1.165) is 0 Å². The molecule has 0 spiro atoms. The molecule has 1 aliphatic heterocycles. The van der Waals surface area contributed by atoms with Gasteiger partial charge in [0.2, 0.25) is 5.91 Å². The van der Waals surface area contributed by atoms with E-state index in [0.29, 0.717) is 42.3 Å². The molecule has 2 atom stereocenters. The quantitative estimate of drug-likeness (QED) is 0.794. The number of H-pyrrole nitrogens is 1. The Morgan fingerprint density at radius 1 is 1.39 bits per heavy atom. The van der Waals surface area contributed by atoms with Crippen LogP contribution in [0.1, 0.15) is 54.7 Å². The minimum atomic E-state index is -0.298. The summed E-state index contributed by atoms with van der Waals surface area (Å²) in [4.78, 5) is 31.6. The van der Waals surface area contributed by atoms with Crippen molar-refractivity contribution in [2.24, 2.45) is 5.92 Å². The number of benzene rings is 1. The standard InChI is InChI=1S/C20H27N5O3/c1-12(2)8-18(26)22-15-10-17(19-21-13(3)23-24-19)25(11-15)20(27)14-6-5-7-16(9-14)28-4/h5-7,9,12,15,17H,8,10-11H2,1-4H3,(H,22,26)(H,21,23,24). The van der Waals surface area contributed by atoms with E-state index < -0.39 is 0 Å². The summed E-state index contributed by atoms with van der Waals surface area (Å²) in [5, 5.41) is 10.1. The number of rotatable bonds is 6. The van der Waals surface area contributed by atoms with Gasteiger partial charge in [-0.3, -0.25) is 14.7 Å². The average Bonchev–Trinajstić information content (AvgIpc) is 3.26. The Morgan fingerprint density at radius 2 is 2.18 bits per heavy atom. The molecule has 8 heteroatoms. The van der Waals surface area contributed by atoms with Gasteiger partial charge in [-0.05, 0) is 37.5 Å². The molecule has 1 aromatic carbocycles. The molecular formula is C20H27N5O3. The molecule has 1 saturated heterocycles. The van der Waals surface area contributed by atoms with Gasteiger partial charge in [0.05, 0.1) is 13.2 Å². The van der Waals surface area contributed by atoms with Crippen molar-refractivity contribution in [1.29, 1.82) is 0 Å². The Morgan fingerprint density at radius 3 is 2.82 bits per heavy atom. The molecule has 2 N–H and O–H groups in total. The lowest BCUT2D eigenvalue weighted by atomic mass is 10.1. The van der Waals surface area contributed by atoms with E-state index in [9.17, 15) is 9.59 Å². The van der Waals surface area contributed by atoms with Gasteiger partial charge in [-0.2, -0.15) is 5.10 Å². The Labute approximate surface area is 164 Å². The number of amides is 2. The second kappa shape index (κ2) is 8.41. The molecule has 1 aliphatic rings. The fraction of sp³-hybridized carbons (Fsp3) is 0.500. The number of likely N-dealkylation sites (tertiary alicyclic amines) is 1. The summed E-state index contributed by atoms with van der Waals surface area (Å²) in [5.74, 6) is 2.03. The third-order valence-corrected chi connectivity index (χ3v) is 4.75. The predicted octanol–water partition coefficient (Wildman–Crippen LogP) is 2.24. The molecule has 2 amide bonds. The van der Waals surface area contributed by atoms with Crippen LogP contribution < -0.4 is 10.1 Å². The third kappa shape index (κ3) is 4.49. The lowest BCUT2D eigenvalue weighted by Crippen LogP contribution is -2.39. The molecule has 2 unspecified atom stereocenters. The highest BCUT2D eigenvalue weighted by atomic mass is 16.5. The van der Waals surface area contributed by atoms with E-state index in [1.807, 2.05) is 20.8 Å². The molecule has 1 aromatic heterocycles. The van der Waals surface area contributed by atoms with Crippen molar-refractivity contribution in [3.8, 4) is 5.75 Å². The molecule has 28 heavy (non-hydrogen) atoms. The minimum absolute atomic E-state index is 0.000553. The van der Waals surface area contributed by atoms with Crippen LogP contribution in [0.3, 0.4) is 0 Å². The van der Waals surface area contributed by atoms with Crippen LogP contribution >= 0.6 is 0 Å². The molecule has 0 aliphatic carbocycles. The summed E-state index contributed by atoms with van der Waals surface area (Å²) in [5.41, 5.74) is 0.533. The summed E-state index contributed by atoms with van der Waals surface area (Å²) in [7, 11) is 1.57. The fourth-order valence-electron chi connectivity index (χ4n) is 3.50. The van der Waals surface area contributed by atoms with E-state index in [1.54, 1.807) is 36.3 Å². The molecule has 3 rings (SSSR count). The topological polar surface area (TPSA) is 100 Å². The van der Waals surface area contributed by atoms with Crippen molar-refractivity contribution >= 4 is 11.8 Å². The van der Waals surface area contributed by atoms with Crippen molar-refractivity contribution in [2.45, 2.75) is 45.7 Å². The number of nitrogens with zero attached hydrogens (tertiary/aromatic N) is 3. The SMILES string of the molecule is COc1cccc(C(=O)N2CC(NC(=O)CC(C)C)CC2c2n[nH]c(C)n2)c1. The van der Waals surface area contributed by atoms with Crippen LogP contribution in [0.4, 0.5) is 0 Å². The van der Waals surface area contributed by atoms with Gasteiger partial charge >= 0.3 is 0 Å². The largest absolute Gasteiger partial charge is 0.497 e. The van der Waals surface area contributed by atoms with E-state index in [1.165, 1.54) is 0 Å². The fourth-order valence-corrected chi connectivity index (χ4v) is 3.50. The Bertz CT molecular complexity index is 848. The zero-order valence-corrected chi connectivity index (χ0v) is 16.7. The van der Waals surface area contributed by atoms with E-state index >= 15 is 0 Å². The second-order valence-electron chi connectivity index (χ2n) is 7.58. The van der Waals surface area contributed by atoms with Gasteiger partial charge in [0.15, 0.2) is 5.82 Å². The van der Waals surface area contributed by atoms with Crippen LogP contribution in [0, 0.1) is 12.8 Å². The highest BCUT2D eigenvalue weighted by Crippen LogP contribution is 2.32. The molecule has 2 aromatic rings. The molecular weight excluding hydrogens is 358 g/mol. The summed E-state index contributed by atoms with van der Waals surface area (Å²) in [6.45, 7) is 6.25. The maximum atomic E-state index is 13.2. The highest BCUT2D eigenvalue weighted by Gasteiger charge is 2.39. The number of ether oxygens (including phenoxy) is 1. The zero-order chi connectivity index (χ0) is 20.3. The van der Waals surface area contributed by atoms with Crippen molar-refractivity contribution < 1.29 is 14.3 Å². The normalized spacial score (nSPS) is 19.1. The van der Waals surface area contributed by atoms with Gasteiger partial charge in [-0.15, -0.1) is 0 Å². The van der Waals surface area contributed by atoms with Crippen LogP contribution in [0.15, 0.2) is 24.3 Å². The number of hydrogen-bond donors (Lipinski definition) is 2. The van der Waals surface area contributed by atoms with Crippen molar-refractivity contribution in [3.05, 3.63) is 41.5 Å². The van der Waals surface area contributed by atoms with Crippen LogP contribution in [0.2, 0.25) is 0 Å². The number of aromatic nitrogens is 3. The predicted molar refractivity (Wildman–Crippen MR) is 104 cm³/mol. The van der Waals surface area contributed by atoms with Gasteiger partial charge in [0.1, 0.15) is 11.6 Å². The first-order chi connectivity index (χ1) is 13.4. The molecule has 0 saturated carbocycles. The maximum absolute atomic E-state index is 13.2. The second-order valence-corrected chi connectivity index (χ2v) is 7.58. The molecule has 0 bridgehead atoms. The van der Waals surface area contributed by atoms with Crippen molar-refractivity contribution in [2.75, 3.05) is 13.7 Å². The van der Waals surface area contributed by atoms with Gasteiger partial charge < -0.3 is 15.0 Å². The average molecular weight is 385 g/mol. The summed E-state index contributed by atoms with van der Waals surface area (Å²) in [6, 6.07) is 6.63. The Hall–Kier alpha value is -2.90. The van der Waals surface area contributed by atoms with Crippen LogP contribution in [-0.4, -0.2) is 51.6 Å². The minimum Gasteiger partial charge on any atom is -0.497 e. The summed E-state index contributed by atoms with van der Waals surface area (Å²) in [6.07, 6.45) is 1.04. The molecule has 0 radical (unpaired) electrons. The Balaban J connectivity index is 1.82. The molecule has 8 nitrogen and oxygen atoms in total. The van der Waals surface area contributed by atoms with Crippen LogP contribution in [0.25, 0.3) is 0 Å². The maximum Gasteiger partial charge on any atom is 0.254 e. The van der Waals surface area contributed by atoms with Gasteiger partial charge in [0.25, 0.3) is 5.91 Å². The zero-order valence-electron chi connectivity index (χ0n) is 16.7. The number of hydrogen-bond acceptors (Lipinski definition) is 5. The molecule has 2 heterocycles. The molecule has 150 valence electrons. The number of aromatic amines is 1. The number of aryl methyl sites for hydroxylation is 1. The van der Waals surface area contributed by atoms with Gasteiger partial charge in [-0.1, -0.05) is 19.9 Å². The number of nitrogens with one attached hydrogen (secondary N) is 2. The van der Waals surface area contributed by atoms with E-state index in [2.05, 4.69) is 20.5 Å². The van der Waals surface area contributed by atoms with Crippen molar-refractivity contribution in [1.82, 2.24) is 25.4 Å². The van der Waals surface area contributed by atoms with E-state index in [-0.39, 0.29) is 29.8 Å². The monoisotopic (exact) mass is 385 g/mol. The molecule has 1 fully saturated rings. The summed E-state index contributed by atoms with van der Waals surface area (Å²) >= 11 is 0. The lowest BCUT2D eigenvalue weighted by molar-refractivity contribution is -0.122. The smallest absolute Gasteiger partial charge is 0.254 e.